The van der Waals surface area contributed by atoms with Crippen molar-refractivity contribution in [1.82, 2.24) is 15.4 Å². The molecule has 0 spiro atoms. The summed E-state index contributed by atoms with van der Waals surface area (Å²) in [5, 5.41) is 5.90. The highest BCUT2D eigenvalue weighted by Gasteiger charge is 2.29. The number of guanidine groups is 1. The Morgan fingerprint density at radius 2 is 1.61 bits per heavy atom. The van der Waals surface area contributed by atoms with E-state index in [1.807, 2.05) is 37.3 Å². The van der Waals surface area contributed by atoms with Crippen LogP contribution in [0.25, 0.3) is 0 Å². The molecule has 0 aliphatic carbocycles. The number of aliphatic imine (C=N–C) groups is 1. The van der Waals surface area contributed by atoms with Crippen LogP contribution in [0, 0.1) is 0 Å². The van der Waals surface area contributed by atoms with Gasteiger partial charge in [-0.05, 0) is 30.2 Å². The molecule has 2 aromatic carbocycles. The Bertz CT molecular complexity index is 922. The van der Waals surface area contributed by atoms with Crippen molar-refractivity contribution in [2.24, 2.45) is 4.99 Å². The van der Waals surface area contributed by atoms with E-state index in [9.17, 15) is 21.6 Å². The highest BCUT2D eigenvalue weighted by molar-refractivity contribution is 14.0. The van der Waals surface area contributed by atoms with Gasteiger partial charge in [-0.15, -0.1) is 24.0 Å². The zero-order valence-electron chi connectivity index (χ0n) is 16.9. The first-order valence-corrected chi connectivity index (χ1v) is 11.0. The number of benzene rings is 2. The van der Waals surface area contributed by atoms with Crippen molar-refractivity contribution in [3.8, 4) is 0 Å². The van der Waals surface area contributed by atoms with Crippen LogP contribution in [0.4, 0.5) is 13.2 Å². The summed E-state index contributed by atoms with van der Waals surface area (Å²) < 4.78 is 64.7. The molecule has 0 saturated carbocycles. The van der Waals surface area contributed by atoms with Crippen molar-refractivity contribution in [2.45, 2.75) is 26.2 Å². The monoisotopic (exact) mass is 570 g/mol. The zero-order chi connectivity index (χ0) is 22.0. The lowest BCUT2D eigenvalue weighted by Gasteiger charge is -2.12. The van der Waals surface area contributed by atoms with Gasteiger partial charge in [0, 0.05) is 19.6 Å². The number of nitrogens with one attached hydrogen (secondary N) is 3. The van der Waals surface area contributed by atoms with Gasteiger partial charge in [0.05, 0.1) is 17.9 Å². The Hall–Kier alpha value is -1.86. The highest BCUT2D eigenvalue weighted by atomic mass is 127. The lowest BCUT2D eigenvalue weighted by atomic mass is 10.1. The van der Waals surface area contributed by atoms with Crippen molar-refractivity contribution < 1.29 is 21.6 Å². The van der Waals surface area contributed by atoms with Gasteiger partial charge < -0.3 is 10.6 Å². The lowest BCUT2D eigenvalue weighted by Crippen LogP contribution is -2.41. The van der Waals surface area contributed by atoms with Crippen molar-refractivity contribution in [2.75, 3.05) is 18.8 Å². The molecule has 0 aromatic heterocycles. The van der Waals surface area contributed by atoms with E-state index in [0.29, 0.717) is 18.1 Å². The van der Waals surface area contributed by atoms with Crippen molar-refractivity contribution in [1.29, 1.82) is 0 Å². The van der Waals surface area contributed by atoms with E-state index in [1.54, 1.807) is 0 Å². The van der Waals surface area contributed by atoms with Crippen molar-refractivity contribution >= 4 is 40.0 Å². The van der Waals surface area contributed by atoms with Gasteiger partial charge in [0.15, 0.2) is 5.96 Å². The fraction of sp³-hybridized carbons (Fsp3) is 0.350. The molecule has 6 nitrogen and oxygen atoms in total. The third-order valence-corrected chi connectivity index (χ3v) is 5.37. The minimum atomic E-state index is -4.38. The third kappa shape index (κ3) is 10.3. The van der Waals surface area contributed by atoms with Gasteiger partial charge in [-0.1, -0.05) is 42.5 Å². The first-order valence-electron chi connectivity index (χ1n) is 9.39. The number of rotatable bonds is 9. The molecule has 3 N–H and O–H groups in total. The second kappa shape index (κ2) is 12.9. The van der Waals surface area contributed by atoms with E-state index in [1.165, 1.54) is 12.1 Å². The minimum absolute atomic E-state index is 0. The molecule has 0 unspecified atom stereocenters. The van der Waals surface area contributed by atoms with E-state index in [2.05, 4.69) is 20.3 Å². The van der Waals surface area contributed by atoms with Crippen LogP contribution in [0.5, 0.6) is 0 Å². The van der Waals surface area contributed by atoms with Gasteiger partial charge in [0.2, 0.25) is 10.0 Å². The minimum Gasteiger partial charge on any atom is -0.357 e. The average Bonchev–Trinajstić information content (AvgIpc) is 2.71. The standard InChI is InChI=1S/C20H25F3N4O2S.HI/c1-2-24-19(26-14-17-8-10-18(11-9-17)20(21,22)23)25-12-13-30(28,29)27-15-16-6-4-3-5-7-16;/h3-11,27H,2,12-15H2,1H3,(H2,24,25,26);1H. The van der Waals surface area contributed by atoms with E-state index in [0.717, 1.165) is 17.7 Å². The Kier molecular flexibility index (Phi) is 11.3. The number of sulfonamides is 1. The normalized spacial score (nSPS) is 12.2. The summed E-state index contributed by atoms with van der Waals surface area (Å²) in [5.74, 6) is 0.237. The average molecular weight is 570 g/mol. The van der Waals surface area contributed by atoms with Gasteiger partial charge in [0.1, 0.15) is 0 Å². The summed E-state index contributed by atoms with van der Waals surface area (Å²) in [7, 11) is -3.48. The van der Waals surface area contributed by atoms with Crippen LogP contribution in [-0.2, 0) is 29.3 Å². The summed E-state index contributed by atoms with van der Waals surface area (Å²) in [6, 6.07) is 13.9. The molecule has 0 amide bonds. The molecule has 0 aliphatic heterocycles. The quantitative estimate of drug-likeness (QED) is 0.245. The first kappa shape index (κ1) is 27.2. The topological polar surface area (TPSA) is 82.6 Å². The molecule has 2 aromatic rings. The molecule has 31 heavy (non-hydrogen) atoms. The number of nitrogens with zero attached hydrogens (tertiary/aromatic N) is 1. The zero-order valence-corrected chi connectivity index (χ0v) is 20.1. The summed E-state index contributed by atoms with van der Waals surface area (Å²) in [6.07, 6.45) is -4.38. The van der Waals surface area contributed by atoms with Gasteiger partial charge in [-0.2, -0.15) is 13.2 Å². The maximum absolute atomic E-state index is 12.6. The summed E-state index contributed by atoms with van der Waals surface area (Å²) >= 11 is 0. The molecule has 0 saturated heterocycles. The second-order valence-corrected chi connectivity index (χ2v) is 8.37. The highest BCUT2D eigenvalue weighted by Crippen LogP contribution is 2.29. The summed E-state index contributed by atoms with van der Waals surface area (Å²) in [6.45, 7) is 2.91. The van der Waals surface area contributed by atoms with E-state index < -0.39 is 21.8 Å². The van der Waals surface area contributed by atoms with E-state index in [4.69, 9.17) is 0 Å². The van der Waals surface area contributed by atoms with Crippen LogP contribution >= 0.6 is 24.0 Å². The molecular formula is C20H26F3IN4O2S. The van der Waals surface area contributed by atoms with Gasteiger partial charge in [-0.3, -0.25) is 0 Å². The van der Waals surface area contributed by atoms with Crippen LogP contribution in [0.3, 0.4) is 0 Å². The first-order chi connectivity index (χ1) is 14.2. The number of hydrogen-bond acceptors (Lipinski definition) is 3. The number of alkyl halides is 3. The van der Waals surface area contributed by atoms with Crippen molar-refractivity contribution in [3.63, 3.8) is 0 Å². The molecule has 0 atom stereocenters. The maximum atomic E-state index is 12.6. The molecule has 0 radical (unpaired) electrons. The molecule has 11 heteroatoms. The maximum Gasteiger partial charge on any atom is 0.416 e. The van der Waals surface area contributed by atoms with Crippen LogP contribution in [0.2, 0.25) is 0 Å². The molecule has 0 fully saturated rings. The van der Waals surface area contributed by atoms with E-state index in [-0.39, 0.29) is 49.4 Å². The number of hydrogen-bond donors (Lipinski definition) is 3. The van der Waals surface area contributed by atoms with E-state index >= 15 is 0 Å². The Morgan fingerprint density at radius 3 is 2.19 bits per heavy atom. The fourth-order valence-electron chi connectivity index (χ4n) is 2.48. The molecule has 0 bridgehead atoms. The van der Waals surface area contributed by atoms with Gasteiger partial charge in [-0.25, -0.2) is 18.1 Å². The van der Waals surface area contributed by atoms with Crippen LogP contribution in [-0.4, -0.2) is 33.2 Å². The molecule has 0 aliphatic rings. The summed E-state index contributed by atoms with van der Waals surface area (Å²) in [4.78, 5) is 4.29. The SMILES string of the molecule is CCNC(=NCc1ccc(C(F)(F)F)cc1)NCCS(=O)(=O)NCc1ccccc1.I. The van der Waals surface area contributed by atoms with Gasteiger partial charge in [0.25, 0.3) is 0 Å². The Morgan fingerprint density at radius 1 is 0.968 bits per heavy atom. The third-order valence-electron chi connectivity index (χ3n) is 4.05. The Balaban J connectivity index is 0.00000480. The predicted octanol–water partition coefficient (Wildman–Crippen LogP) is 3.50. The largest absolute Gasteiger partial charge is 0.416 e. The molecule has 2 rings (SSSR count). The number of halogens is 4. The molecule has 172 valence electrons. The lowest BCUT2D eigenvalue weighted by molar-refractivity contribution is -0.137. The van der Waals surface area contributed by atoms with Crippen LogP contribution in [0.15, 0.2) is 59.6 Å². The van der Waals surface area contributed by atoms with Gasteiger partial charge >= 0.3 is 6.18 Å². The fourth-order valence-corrected chi connectivity index (χ4v) is 3.38. The predicted molar refractivity (Wildman–Crippen MR) is 127 cm³/mol. The molecule has 0 heterocycles. The summed E-state index contributed by atoms with van der Waals surface area (Å²) in [5.41, 5.74) is 0.756. The molecular weight excluding hydrogens is 544 g/mol. The smallest absolute Gasteiger partial charge is 0.357 e. The van der Waals surface area contributed by atoms with Crippen LogP contribution < -0.4 is 15.4 Å². The van der Waals surface area contributed by atoms with Crippen LogP contribution in [0.1, 0.15) is 23.6 Å². The van der Waals surface area contributed by atoms with Crippen molar-refractivity contribution in [3.05, 3.63) is 71.3 Å². The Labute approximate surface area is 197 Å². The second-order valence-electron chi connectivity index (χ2n) is 6.44.